The fourth-order valence-electron chi connectivity index (χ4n) is 1.65. The van der Waals surface area contributed by atoms with Gasteiger partial charge in [0.15, 0.2) is 11.7 Å². The molecule has 3 nitrogen and oxygen atoms in total. The molecule has 0 bridgehead atoms. The van der Waals surface area contributed by atoms with Crippen molar-refractivity contribution in [3.05, 3.63) is 35.2 Å². The quantitative estimate of drug-likeness (QED) is 0.748. The molecule has 0 amide bonds. The molecule has 0 aromatic carbocycles. The number of carbonyl (C=O) groups is 1. The number of rotatable bonds is 3. The van der Waals surface area contributed by atoms with E-state index in [2.05, 4.69) is 10.7 Å². The second-order valence-electron chi connectivity index (χ2n) is 4.41. The highest BCUT2D eigenvalue weighted by atomic mass is 16.4. The fourth-order valence-corrected chi connectivity index (χ4v) is 1.65. The maximum absolute atomic E-state index is 11.8. The topological polar surface area (TPSA) is 43.1 Å². The van der Waals surface area contributed by atoms with Crippen LogP contribution in [-0.4, -0.2) is 10.8 Å². The average Bonchev–Trinajstić information content (AvgIpc) is 2.54. The molecule has 1 aliphatic carbocycles. The van der Waals surface area contributed by atoms with E-state index in [-0.39, 0.29) is 11.7 Å². The van der Waals surface area contributed by atoms with Gasteiger partial charge in [-0.3, -0.25) is 4.79 Å². The number of aromatic nitrogens is 1. The van der Waals surface area contributed by atoms with E-state index >= 15 is 0 Å². The maximum Gasteiger partial charge on any atom is 0.192 e. The molecule has 0 N–H and O–H groups in total. The molecule has 1 aromatic rings. The SMILES string of the molecule is Cc1nc2c(o1)C(CC(=O)C(C)C)=CC=C=C2. The first-order valence-corrected chi connectivity index (χ1v) is 5.70. The highest BCUT2D eigenvalue weighted by Gasteiger charge is 2.18. The number of aryl methyl sites for hydroxylation is 1. The van der Waals surface area contributed by atoms with Gasteiger partial charge in [-0.2, -0.15) is 0 Å². The van der Waals surface area contributed by atoms with Crippen LogP contribution in [0.25, 0.3) is 11.6 Å². The average molecular weight is 229 g/mol. The smallest absolute Gasteiger partial charge is 0.192 e. The summed E-state index contributed by atoms with van der Waals surface area (Å²) in [5.41, 5.74) is 4.61. The highest BCUT2D eigenvalue weighted by molar-refractivity contribution is 5.92. The zero-order valence-electron chi connectivity index (χ0n) is 10.3. The Labute approximate surface area is 101 Å². The van der Waals surface area contributed by atoms with Gasteiger partial charge in [-0.25, -0.2) is 4.98 Å². The number of fused-ring (bicyclic) bond motifs is 1. The molecule has 0 saturated heterocycles. The molecular weight excluding hydrogens is 214 g/mol. The third kappa shape index (κ3) is 2.45. The Hall–Kier alpha value is -1.86. The van der Waals surface area contributed by atoms with Gasteiger partial charge in [0, 0.05) is 30.9 Å². The van der Waals surface area contributed by atoms with Crippen molar-refractivity contribution in [3.63, 3.8) is 0 Å². The van der Waals surface area contributed by atoms with E-state index < -0.39 is 0 Å². The molecule has 1 aliphatic rings. The Morgan fingerprint density at radius 1 is 1.53 bits per heavy atom. The Kier molecular flexibility index (Phi) is 3.12. The molecule has 0 aliphatic heterocycles. The van der Waals surface area contributed by atoms with Crippen molar-refractivity contribution in [2.75, 3.05) is 0 Å². The molecule has 88 valence electrons. The van der Waals surface area contributed by atoms with Crippen LogP contribution in [0.2, 0.25) is 0 Å². The summed E-state index contributed by atoms with van der Waals surface area (Å²) in [6.07, 6.45) is 5.81. The number of allylic oxidation sites excluding steroid dienone is 3. The predicted octanol–water partition coefficient (Wildman–Crippen LogP) is 3.16. The van der Waals surface area contributed by atoms with Crippen LogP contribution >= 0.6 is 0 Å². The molecule has 0 radical (unpaired) electrons. The van der Waals surface area contributed by atoms with Gasteiger partial charge >= 0.3 is 0 Å². The number of nitrogens with zero attached hydrogens (tertiary/aromatic N) is 1. The Morgan fingerprint density at radius 3 is 3.00 bits per heavy atom. The molecule has 0 atom stereocenters. The minimum atomic E-state index is 0.0311. The first-order valence-electron chi connectivity index (χ1n) is 5.70. The summed E-state index contributed by atoms with van der Waals surface area (Å²) in [6.45, 7) is 5.61. The van der Waals surface area contributed by atoms with Crippen LogP contribution in [0, 0.1) is 12.8 Å². The molecule has 0 fully saturated rings. The lowest BCUT2D eigenvalue weighted by Crippen LogP contribution is -2.07. The van der Waals surface area contributed by atoms with Gasteiger partial charge in [0.25, 0.3) is 0 Å². The van der Waals surface area contributed by atoms with E-state index in [1.54, 1.807) is 19.1 Å². The number of hydrogen-bond acceptors (Lipinski definition) is 3. The van der Waals surface area contributed by atoms with Crippen LogP contribution in [0.5, 0.6) is 0 Å². The number of oxazole rings is 1. The number of hydrogen-bond donors (Lipinski definition) is 0. The first kappa shape index (κ1) is 11.6. The molecule has 3 heteroatoms. The molecule has 0 saturated carbocycles. The maximum atomic E-state index is 11.8. The lowest BCUT2D eigenvalue weighted by molar-refractivity contribution is -0.120. The largest absolute Gasteiger partial charge is 0.441 e. The lowest BCUT2D eigenvalue weighted by atomic mass is 9.99. The van der Waals surface area contributed by atoms with Gasteiger partial charge in [0.2, 0.25) is 0 Å². The van der Waals surface area contributed by atoms with Crippen LogP contribution in [0.15, 0.2) is 22.3 Å². The number of ketones is 1. The van der Waals surface area contributed by atoms with Gasteiger partial charge < -0.3 is 4.42 Å². The normalized spacial score (nSPS) is 13.5. The summed E-state index contributed by atoms with van der Waals surface area (Å²) in [7, 11) is 0. The summed E-state index contributed by atoms with van der Waals surface area (Å²) in [5.74, 6) is 1.53. The zero-order valence-corrected chi connectivity index (χ0v) is 10.3. The molecule has 17 heavy (non-hydrogen) atoms. The standard InChI is InChI=1S/C14H15NO2/c1-9(2)13(16)8-11-6-4-5-7-12-14(11)17-10(3)15-12/h4,6-7,9H,8H2,1-3H3. The van der Waals surface area contributed by atoms with Crippen molar-refractivity contribution in [2.24, 2.45) is 5.92 Å². The van der Waals surface area contributed by atoms with E-state index in [4.69, 9.17) is 4.42 Å². The predicted molar refractivity (Wildman–Crippen MR) is 66.2 cm³/mol. The Balaban J connectivity index is 2.35. The second-order valence-corrected chi connectivity index (χ2v) is 4.41. The number of Topliss-reactive ketones (excluding diaryl/α,β-unsaturated/α-hetero) is 1. The van der Waals surface area contributed by atoms with E-state index in [1.165, 1.54) is 0 Å². The van der Waals surface area contributed by atoms with Crippen molar-refractivity contribution in [2.45, 2.75) is 27.2 Å². The second kappa shape index (κ2) is 4.56. The van der Waals surface area contributed by atoms with Gasteiger partial charge in [-0.15, -0.1) is 5.73 Å². The third-order valence-corrected chi connectivity index (χ3v) is 2.66. The van der Waals surface area contributed by atoms with Crippen molar-refractivity contribution >= 4 is 17.4 Å². The molecular formula is C14H15NO2. The lowest BCUT2D eigenvalue weighted by Gasteiger charge is -2.05. The van der Waals surface area contributed by atoms with Crippen molar-refractivity contribution in [3.8, 4) is 0 Å². The fraction of sp³-hybridized carbons (Fsp3) is 0.357. The van der Waals surface area contributed by atoms with Gasteiger partial charge in [-0.1, -0.05) is 13.8 Å². The van der Waals surface area contributed by atoms with E-state index in [9.17, 15) is 4.79 Å². The monoisotopic (exact) mass is 229 g/mol. The van der Waals surface area contributed by atoms with E-state index in [0.29, 0.717) is 18.1 Å². The minimum Gasteiger partial charge on any atom is -0.441 e. The minimum absolute atomic E-state index is 0.0311. The molecule has 0 unspecified atom stereocenters. The summed E-state index contributed by atoms with van der Waals surface area (Å²) in [4.78, 5) is 16.0. The number of carbonyl (C=O) groups excluding carboxylic acids is 1. The third-order valence-electron chi connectivity index (χ3n) is 2.66. The van der Waals surface area contributed by atoms with Crippen LogP contribution in [0.1, 0.15) is 37.6 Å². The summed E-state index contributed by atoms with van der Waals surface area (Å²) >= 11 is 0. The summed E-state index contributed by atoms with van der Waals surface area (Å²) < 4.78 is 5.56. The molecule has 1 aromatic heterocycles. The zero-order chi connectivity index (χ0) is 12.4. The molecule has 0 spiro atoms. The highest BCUT2D eigenvalue weighted by Crippen LogP contribution is 2.27. The van der Waals surface area contributed by atoms with Crippen molar-refractivity contribution in [1.29, 1.82) is 0 Å². The van der Waals surface area contributed by atoms with E-state index in [0.717, 1.165) is 11.3 Å². The van der Waals surface area contributed by atoms with Crippen molar-refractivity contribution < 1.29 is 9.21 Å². The summed E-state index contributed by atoms with van der Waals surface area (Å²) in [5, 5.41) is 0. The summed E-state index contributed by atoms with van der Waals surface area (Å²) in [6, 6.07) is 0. The molecule has 1 heterocycles. The Morgan fingerprint density at radius 2 is 2.29 bits per heavy atom. The Bertz CT molecular complexity index is 541. The van der Waals surface area contributed by atoms with Crippen LogP contribution in [0.3, 0.4) is 0 Å². The van der Waals surface area contributed by atoms with Crippen molar-refractivity contribution in [1.82, 2.24) is 4.98 Å². The van der Waals surface area contributed by atoms with Crippen LogP contribution in [-0.2, 0) is 4.79 Å². The first-order chi connectivity index (χ1) is 8.08. The van der Waals surface area contributed by atoms with Gasteiger partial charge in [0.1, 0.15) is 11.5 Å². The van der Waals surface area contributed by atoms with Gasteiger partial charge in [0.05, 0.1) is 0 Å². The van der Waals surface area contributed by atoms with Gasteiger partial charge in [-0.05, 0) is 12.2 Å². The van der Waals surface area contributed by atoms with Crippen LogP contribution < -0.4 is 0 Å². The van der Waals surface area contributed by atoms with E-state index in [1.807, 2.05) is 19.9 Å². The molecule has 2 rings (SSSR count). The van der Waals surface area contributed by atoms with Crippen LogP contribution in [0.4, 0.5) is 0 Å².